The van der Waals surface area contributed by atoms with Gasteiger partial charge in [-0.15, -0.1) is 0 Å². The Bertz CT molecular complexity index is 978. The zero-order valence-electron chi connectivity index (χ0n) is 13.2. The lowest BCUT2D eigenvalue weighted by Crippen LogP contribution is -2.27. The molecule has 124 valence electrons. The van der Waals surface area contributed by atoms with E-state index in [0.29, 0.717) is 12.4 Å². The van der Waals surface area contributed by atoms with Crippen molar-refractivity contribution in [2.45, 2.75) is 17.9 Å². The number of aromatic nitrogens is 2. The first kappa shape index (κ1) is 15.2. The maximum atomic E-state index is 12.8. The summed E-state index contributed by atoms with van der Waals surface area (Å²) in [6.07, 6.45) is 0.742. The van der Waals surface area contributed by atoms with Gasteiger partial charge in [0.1, 0.15) is 11.6 Å². The predicted octanol–water partition coefficient (Wildman–Crippen LogP) is 2.32. The summed E-state index contributed by atoms with van der Waals surface area (Å²) in [5.74, 6) is 1.39. The number of H-pyrrole nitrogens is 1. The van der Waals surface area contributed by atoms with Crippen LogP contribution < -0.4 is 4.74 Å². The van der Waals surface area contributed by atoms with Gasteiger partial charge in [0.05, 0.1) is 29.1 Å². The van der Waals surface area contributed by atoms with Crippen molar-refractivity contribution >= 4 is 21.1 Å². The molecule has 0 bridgehead atoms. The van der Waals surface area contributed by atoms with Crippen LogP contribution in [-0.4, -0.2) is 36.3 Å². The molecule has 2 aromatic carbocycles. The fraction of sp³-hybridized carbons (Fsp3) is 0.235. The first-order valence-electron chi connectivity index (χ1n) is 7.70. The van der Waals surface area contributed by atoms with Gasteiger partial charge in [-0.3, -0.25) is 0 Å². The van der Waals surface area contributed by atoms with Gasteiger partial charge in [0.15, 0.2) is 0 Å². The lowest BCUT2D eigenvalue weighted by molar-refractivity contribution is 0.356. The second-order valence-electron chi connectivity index (χ2n) is 5.83. The number of imidazole rings is 1. The SMILES string of the molecule is CN(Cc1nc2ccccc2[nH]1)S(=O)(=O)c1ccc2c(c1)CCO2. The topological polar surface area (TPSA) is 75.3 Å². The number of aromatic amines is 1. The van der Waals surface area contributed by atoms with Crippen molar-refractivity contribution in [2.24, 2.45) is 0 Å². The van der Waals surface area contributed by atoms with Crippen LogP contribution in [-0.2, 0) is 23.0 Å². The number of hydrogen-bond donors (Lipinski definition) is 1. The molecule has 0 aliphatic carbocycles. The molecular formula is C17H17N3O3S. The van der Waals surface area contributed by atoms with Crippen molar-refractivity contribution < 1.29 is 13.2 Å². The van der Waals surface area contributed by atoms with Gasteiger partial charge in [-0.2, -0.15) is 4.31 Å². The highest BCUT2D eigenvalue weighted by molar-refractivity contribution is 7.89. The third-order valence-electron chi connectivity index (χ3n) is 4.18. The maximum Gasteiger partial charge on any atom is 0.243 e. The van der Waals surface area contributed by atoms with Gasteiger partial charge in [-0.25, -0.2) is 13.4 Å². The van der Waals surface area contributed by atoms with Gasteiger partial charge in [-0.1, -0.05) is 12.1 Å². The average Bonchev–Trinajstić information content (AvgIpc) is 3.19. The standard InChI is InChI=1S/C17H17N3O3S/c1-20(11-17-18-14-4-2-3-5-15(14)19-17)24(21,22)13-6-7-16-12(10-13)8-9-23-16/h2-7,10H,8-9,11H2,1H3,(H,18,19). The van der Waals surface area contributed by atoms with Gasteiger partial charge >= 0.3 is 0 Å². The minimum atomic E-state index is -3.58. The minimum Gasteiger partial charge on any atom is -0.493 e. The van der Waals surface area contributed by atoms with Crippen molar-refractivity contribution in [1.29, 1.82) is 0 Å². The zero-order valence-corrected chi connectivity index (χ0v) is 14.0. The average molecular weight is 343 g/mol. The van der Waals surface area contributed by atoms with Crippen LogP contribution in [0.3, 0.4) is 0 Å². The first-order valence-corrected chi connectivity index (χ1v) is 9.14. The van der Waals surface area contributed by atoms with E-state index >= 15 is 0 Å². The van der Waals surface area contributed by atoms with Crippen LogP contribution in [0.25, 0.3) is 11.0 Å². The lowest BCUT2D eigenvalue weighted by Gasteiger charge is -2.16. The molecular weight excluding hydrogens is 326 g/mol. The van der Waals surface area contributed by atoms with Gasteiger partial charge < -0.3 is 9.72 Å². The van der Waals surface area contributed by atoms with Crippen LogP contribution in [0.4, 0.5) is 0 Å². The largest absolute Gasteiger partial charge is 0.493 e. The van der Waals surface area contributed by atoms with Gasteiger partial charge in [0.2, 0.25) is 10.0 Å². The molecule has 0 amide bonds. The molecule has 24 heavy (non-hydrogen) atoms. The summed E-state index contributed by atoms with van der Waals surface area (Å²) in [6, 6.07) is 12.6. The Hall–Kier alpha value is -2.38. The molecule has 0 atom stereocenters. The molecule has 1 aliphatic rings. The molecule has 1 aliphatic heterocycles. The fourth-order valence-electron chi connectivity index (χ4n) is 2.88. The van der Waals surface area contributed by atoms with Crippen LogP contribution in [0.5, 0.6) is 5.75 Å². The third kappa shape index (κ3) is 2.55. The number of para-hydroxylation sites is 2. The Morgan fingerprint density at radius 3 is 2.92 bits per heavy atom. The number of sulfonamides is 1. The first-order chi connectivity index (χ1) is 11.5. The summed E-state index contributed by atoms with van der Waals surface area (Å²) in [5, 5.41) is 0. The smallest absolute Gasteiger partial charge is 0.243 e. The van der Waals surface area contributed by atoms with E-state index in [9.17, 15) is 8.42 Å². The highest BCUT2D eigenvalue weighted by Gasteiger charge is 2.24. The normalized spacial score (nSPS) is 14.1. The minimum absolute atomic E-state index is 0.185. The number of hydrogen-bond acceptors (Lipinski definition) is 4. The van der Waals surface area contributed by atoms with Crippen molar-refractivity contribution in [1.82, 2.24) is 14.3 Å². The molecule has 0 saturated carbocycles. The van der Waals surface area contributed by atoms with Gasteiger partial charge in [-0.05, 0) is 35.9 Å². The summed E-state index contributed by atoms with van der Waals surface area (Å²) in [6.45, 7) is 0.790. The number of fused-ring (bicyclic) bond motifs is 2. The summed E-state index contributed by atoms with van der Waals surface area (Å²) >= 11 is 0. The van der Waals surface area contributed by atoms with Crippen molar-refractivity contribution in [3.05, 3.63) is 53.9 Å². The summed E-state index contributed by atoms with van der Waals surface area (Å²) in [5.41, 5.74) is 2.66. The van der Waals surface area contributed by atoms with E-state index in [4.69, 9.17) is 4.74 Å². The molecule has 0 spiro atoms. The van der Waals surface area contributed by atoms with Crippen molar-refractivity contribution in [2.75, 3.05) is 13.7 Å². The van der Waals surface area contributed by atoms with Crippen molar-refractivity contribution in [3.8, 4) is 5.75 Å². The number of nitrogens with zero attached hydrogens (tertiary/aromatic N) is 2. The highest BCUT2D eigenvalue weighted by atomic mass is 32.2. The summed E-state index contributed by atoms with van der Waals surface area (Å²) in [7, 11) is -2.02. The second-order valence-corrected chi connectivity index (χ2v) is 7.87. The lowest BCUT2D eigenvalue weighted by atomic mass is 10.2. The third-order valence-corrected chi connectivity index (χ3v) is 5.98. The maximum absolute atomic E-state index is 12.8. The summed E-state index contributed by atoms with van der Waals surface area (Å²) < 4.78 is 32.3. The Balaban J connectivity index is 1.61. The van der Waals surface area contributed by atoms with Crippen LogP contribution in [0.2, 0.25) is 0 Å². The van der Waals surface area contributed by atoms with E-state index in [1.165, 1.54) is 4.31 Å². The Morgan fingerprint density at radius 2 is 2.08 bits per heavy atom. The molecule has 0 fully saturated rings. The van der Waals surface area contributed by atoms with Crippen molar-refractivity contribution in [3.63, 3.8) is 0 Å². The number of benzene rings is 2. The molecule has 0 radical (unpaired) electrons. The molecule has 0 saturated heterocycles. The second kappa shape index (κ2) is 5.61. The van der Waals surface area contributed by atoms with Crippen LogP contribution in [0.1, 0.15) is 11.4 Å². The zero-order chi connectivity index (χ0) is 16.7. The number of ether oxygens (including phenoxy) is 1. The Morgan fingerprint density at radius 1 is 1.25 bits per heavy atom. The van der Waals surface area contributed by atoms with E-state index in [-0.39, 0.29) is 11.4 Å². The van der Waals surface area contributed by atoms with E-state index in [1.54, 1.807) is 25.2 Å². The Kier molecular flexibility index (Phi) is 3.54. The Labute approximate surface area is 140 Å². The molecule has 3 aromatic rings. The molecule has 6 nitrogen and oxygen atoms in total. The van der Waals surface area contributed by atoms with E-state index in [0.717, 1.165) is 28.8 Å². The van der Waals surface area contributed by atoms with Crippen LogP contribution in [0.15, 0.2) is 47.4 Å². The van der Waals surface area contributed by atoms with Crippen LogP contribution in [0, 0.1) is 0 Å². The number of nitrogens with one attached hydrogen (secondary N) is 1. The fourth-order valence-corrected chi connectivity index (χ4v) is 4.06. The molecule has 0 unspecified atom stereocenters. The highest BCUT2D eigenvalue weighted by Crippen LogP contribution is 2.28. The monoisotopic (exact) mass is 343 g/mol. The van der Waals surface area contributed by atoms with Crippen LogP contribution >= 0.6 is 0 Å². The molecule has 7 heteroatoms. The molecule has 1 aromatic heterocycles. The quantitative estimate of drug-likeness (QED) is 0.789. The molecule has 1 N–H and O–H groups in total. The molecule has 4 rings (SSSR count). The number of rotatable bonds is 4. The van der Waals surface area contributed by atoms with E-state index in [2.05, 4.69) is 9.97 Å². The van der Waals surface area contributed by atoms with Gasteiger partial charge in [0.25, 0.3) is 0 Å². The molecule has 2 heterocycles. The van der Waals surface area contributed by atoms with E-state index in [1.807, 2.05) is 24.3 Å². The van der Waals surface area contributed by atoms with Gasteiger partial charge in [0, 0.05) is 13.5 Å². The predicted molar refractivity (Wildman–Crippen MR) is 90.4 cm³/mol. The summed E-state index contributed by atoms with van der Waals surface area (Å²) in [4.78, 5) is 7.87. The van der Waals surface area contributed by atoms with E-state index < -0.39 is 10.0 Å².